The van der Waals surface area contributed by atoms with E-state index in [1.165, 1.54) is 0 Å². The Bertz CT molecular complexity index is 5390. The molecule has 0 bridgehead atoms. The Morgan fingerprint density at radius 1 is 0.0588 bits per heavy atom. The van der Waals surface area contributed by atoms with E-state index in [2.05, 4.69) is 0 Å². The molecule has 0 heterocycles. The first kappa shape index (κ1) is 107. The molecule has 0 saturated carbocycles. The fourth-order valence-electron chi connectivity index (χ4n) is 14.6. The van der Waals surface area contributed by atoms with Crippen molar-refractivity contribution < 1.29 is 289 Å². The zero-order valence-corrected chi connectivity index (χ0v) is 62.8. The molecule has 0 radical (unpaired) electrons. The minimum atomic E-state index is -7.22. The van der Waals surface area contributed by atoms with Gasteiger partial charge in [-0.05, 0) is 0 Å². The van der Waals surface area contributed by atoms with Gasteiger partial charge < -0.3 is 0 Å². The monoisotopic (exact) mass is 2080 g/mol. The summed E-state index contributed by atoms with van der Waals surface area (Å²) in [4.78, 5) is 0. The molecule has 0 saturated heterocycles. The molecule has 64 heteroatoms. The van der Waals surface area contributed by atoms with Gasteiger partial charge >= 0.3 is 25.8 Å². The number of rotatable bonds is 12. The van der Waals surface area contributed by atoms with E-state index in [9.17, 15) is 158 Å². The standard InChI is InChI=1S/3C24BF20.Sc/c3*26-5-1(6(27)14(35)21(42)13(5)34)25(2-7(28)15(36)22(43)16(37)8(2)29,3-9(30)17(38)23(44)18(39)10(3)31)4-11(32)19(40)24(45)20(41)12(4)33;/q3*-1;+3. The van der Waals surface area contributed by atoms with E-state index in [4.69, 9.17) is 0 Å². The molecule has 0 aromatic heterocycles. The van der Waals surface area contributed by atoms with Crippen molar-refractivity contribution in [1.29, 1.82) is 0 Å². The molecule has 12 aromatic carbocycles. The Kier molecular flexibility index (Phi) is 29.0. The number of hydrogen-bond acceptors (Lipinski definition) is 0. The minimum Gasteiger partial charge on any atom is -0.207 e. The zero-order valence-electron chi connectivity index (χ0n) is 61.0. The molecule has 0 aliphatic rings. The van der Waals surface area contributed by atoms with Gasteiger partial charge in [-0.1, -0.05) is 0 Å². The van der Waals surface area contributed by atoms with Crippen LogP contribution >= 0.6 is 0 Å². The van der Waals surface area contributed by atoms with Gasteiger partial charge in [0.25, 0.3) is 0 Å². The molecule has 0 unspecified atom stereocenters. The Balaban J connectivity index is 0.000000228. The van der Waals surface area contributed by atoms with E-state index in [0.717, 1.165) is 0 Å². The van der Waals surface area contributed by atoms with Crippen molar-refractivity contribution in [2.45, 2.75) is 0 Å². The van der Waals surface area contributed by atoms with Gasteiger partial charge in [0.2, 0.25) is 0 Å². The van der Waals surface area contributed by atoms with Crippen LogP contribution < -0.4 is 65.6 Å². The summed E-state index contributed by atoms with van der Waals surface area (Å²) < 4.78 is 882. The molecule has 12 aromatic rings. The van der Waals surface area contributed by atoms with E-state index in [1.54, 1.807) is 0 Å². The van der Waals surface area contributed by atoms with Crippen LogP contribution in [0.4, 0.5) is 263 Å². The van der Waals surface area contributed by atoms with Crippen LogP contribution in [0, 0.1) is 349 Å². The second-order valence-electron chi connectivity index (χ2n) is 26.4. The Labute approximate surface area is 720 Å². The fraction of sp³-hybridized carbons (Fsp3) is 0. The number of halogens is 60. The number of benzene rings is 12. The van der Waals surface area contributed by atoms with Gasteiger partial charge in [-0.3, -0.25) is 0 Å². The predicted molar refractivity (Wildman–Crippen MR) is 328 cm³/mol. The van der Waals surface area contributed by atoms with Gasteiger partial charge in [0, 0.05) is 0 Å². The Morgan fingerprint density at radius 3 is 0.125 bits per heavy atom. The summed E-state index contributed by atoms with van der Waals surface area (Å²) >= 11 is 0. The van der Waals surface area contributed by atoms with Crippen LogP contribution in [-0.2, 0) is 25.8 Å². The summed E-state index contributed by atoms with van der Waals surface area (Å²) in [7, 11) is 0. The molecule has 0 aliphatic carbocycles. The molecule has 720 valence electrons. The van der Waals surface area contributed by atoms with Gasteiger partial charge in [0.1, 0.15) is 158 Å². The van der Waals surface area contributed by atoms with Crippen LogP contribution in [0.5, 0.6) is 0 Å². The summed E-state index contributed by atoms with van der Waals surface area (Å²) in [5, 5.41) is 0. The molecule has 0 amide bonds. The maximum Gasteiger partial charge on any atom is 3.00 e. The van der Waals surface area contributed by atoms with Crippen molar-refractivity contribution in [2.24, 2.45) is 0 Å². The van der Waals surface area contributed by atoms with Crippen molar-refractivity contribution in [2.75, 3.05) is 0 Å². The van der Waals surface area contributed by atoms with Gasteiger partial charge in [-0.2, -0.15) is 0 Å². The van der Waals surface area contributed by atoms with Gasteiger partial charge in [-0.15, -0.1) is 65.6 Å². The average molecular weight is 2080 g/mol. The third-order valence-corrected chi connectivity index (χ3v) is 20.1. The smallest absolute Gasteiger partial charge is 0.207 e. The SMILES string of the molecule is Fc1c(F)c(F)c([B-](c2c(F)c(F)c(F)c(F)c2F)(c2c(F)c(F)c(F)c(F)c2F)c2c(F)c(F)c(F)c(F)c2F)c(F)c1F.Fc1c(F)c(F)c([B-](c2c(F)c(F)c(F)c(F)c2F)(c2c(F)c(F)c(F)c(F)c2F)c2c(F)c(F)c(F)c(F)c2F)c(F)c1F.Fc1c(F)c(F)c([B-](c2c(F)c(F)c(F)c(F)c2F)(c2c(F)c(F)c(F)c(F)c2F)c2c(F)c(F)c(F)c(F)c2F)c(F)c1F.[Sc+3]. The molecule has 12 rings (SSSR count). The Morgan fingerprint density at radius 2 is 0.0882 bits per heavy atom. The molecule has 0 atom stereocenters. The van der Waals surface area contributed by atoms with E-state index >= 15 is 105 Å². The third kappa shape index (κ3) is 14.6. The van der Waals surface area contributed by atoms with Crippen LogP contribution in [0.15, 0.2) is 0 Å². The van der Waals surface area contributed by atoms with E-state index < -0.39 is 433 Å². The summed E-state index contributed by atoms with van der Waals surface area (Å²) in [6, 6.07) is 0. The van der Waals surface area contributed by atoms with Crippen molar-refractivity contribution in [3.8, 4) is 0 Å². The summed E-state index contributed by atoms with van der Waals surface area (Å²) in [6.45, 7) is 0. The predicted octanol–water partition coefficient (Wildman–Crippen LogP) is 17.5. The van der Waals surface area contributed by atoms with E-state index in [0.29, 0.717) is 0 Å². The first-order valence-electron chi connectivity index (χ1n) is 32.8. The topological polar surface area (TPSA) is 0 Å². The van der Waals surface area contributed by atoms with Crippen molar-refractivity contribution in [3.63, 3.8) is 0 Å². The van der Waals surface area contributed by atoms with Crippen molar-refractivity contribution >= 4 is 84.0 Å². The summed E-state index contributed by atoms with van der Waals surface area (Å²) in [6.07, 6.45) is -21.7. The van der Waals surface area contributed by atoms with E-state index in [-0.39, 0.29) is 25.8 Å². The largest absolute Gasteiger partial charge is 3.00 e. The van der Waals surface area contributed by atoms with Crippen molar-refractivity contribution in [1.82, 2.24) is 0 Å². The van der Waals surface area contributed by atoms with E-state index in [1.807, 2.05) is 0 Å². The molecule has 0 spiro atoms. The molecule has 136 heavy (non-hydrogen) atoms. The van der Waals surface area contributed by atoms with Crippen LogP contribution in [0.1, 0.15) is 0 Å². The molecular weight excluding hydrogens is 2080 g/mol. The average Bonchev–Trinajstić information content (AvgIpc) is 0.687. The normalized spacial score (nSPS) is 11.9. The van der Waals surface area contributed by atoms with Gasteiger partial charge in [0.15, 0.2) is 209 Å². The molecular formula is C72B3F60Sc. The number of hydrogen-bond donors (Lipinski definition) is 0. The summed E-state index contributed by atoms with van der Waals surface area (Å²) in [5.74, 6) is -214. The fourth-order valence-corrected chi connectivity index (χ4v) is 14.6. The van der Waals surface area contributed by atoms with Gasteiger partial charge in [0.05, 0.1) is 0 Å². The maximum atomic E-state index is 15.4. The maximum absolute atomic E-state index is 15.4. The van der Waals surface area contributed by atoms with Crippen LogP contribution in [0.25, 0.3) is 0 Å². The van der Waals surface area contributed by atoms with Crippen LogP contribution in [0.2, 0.25) is 0 Å². The van der Waals surface area contributed by atoms with Crippen LogP contribution in [-0.4, -0.2) is 18.4 Å². The first-order chi connectivity index (χ1) is 62.1. The van der Waals surface area contributed by atoms with Gasteiger partial charge in [-0.25, -0.2) is 263 Å². The van der Waals surface area contributed by atoms with Crippen molar-refractivity contribution in [3.05, 3.63) is 349 Å². The quantitative estimate of drug-likeness (QED) is 0.0495. The Hall–Kier alpha value is -12.5. The third-order valence-electron chi connectivity index (χ3n) is 20.1. The summed E-state index contributed by atoms with van der Waals surface area (Å²) in [5.41, 5.74) is -43.0. The molecule has 0 fully saturated rings. The zero-order chi connectivity index (χ0) is 103. The second kappa shape index (κ2) is 36.9. The van der Waals surface area contributed by atoms with Crippen LogP contribution in [0.3, 0.4) is 0 Å². The second-order valence-corrected chi connectivity index (χ2v) is 26.4. The molecule has 0 nitrogen and oxygen atoms in total. The molecule has 0 aliphatic heterocycles. The first-order valence-corrected chi connectivity index (χ1v) is 32.8. The molecule has 0 N–H and O–H groups in total. The minimum absolute atomic E-state index is 0.